The zero-order chi connectivity index (χ0) is 21.1. The zero-order valence-electron chi connectivity index (χ0n) is 17.9. The van der Waals surface area contributed by atoms with Gasteiger partial charge in [-0.05, 0) is 80.5 Å². The highest BCUT2D eigenvalue weighted by Crippen LogP contribution is 2.61. The molecule has 32 heavy (non-hydrogen) atoms. The lowest BCUT2D eigenvalue weighted by molar-refractivity contribution is -0.00714. The molecule has 0 radical (unpaired) electrons. The van der Waals surface area contributed by atoms with Crippen LogP contribution in [0.1, 0.15) is 44.2 Å². The molecule has 4 bridgehead atoms. The second kappa shape index (κ2) is 6.86. The average molecular weight is 424 g/mol. The number of hydrogen-bond acceptors (Lipinski definition) is 5. The third-order valence-corrected chi connectivity index (χ3v) is 7.81. The molecule has 4 saturated carbocycles. The van der Waals surface area contributed by atoms with Gasteiger partial charge >= 0.3 is 0 Å². The molecule has 3 aromatic heterocycles. The Morgan fingerprint density at radius 3 is 2.19 bits per heavy atom. The van der Waals surface area contributed by atoms with Crippen molar-refractivity contribution in [2.75, 3.05) is 0 Å². The van der Waals surface area contributed by atoms with Crippen molar-refractivity contribution in [2.24, 2.45) is 17.8 Å². The molecule has 6 nitrogen and oxygen atoms in total. The molecule has 8 rings (SSSR count). The van der Waals surface area contributed by atoms with E-state index in [2.05, 4.69) is 33.5 Å². The lowest BCUT2D eigenvalue weighted by Gasteiger charge is -2.56. The molecule has 0 atom stereocenters. The van der Waals surface area contributed by atoms with Gasteiger partial charge in [-0.15, -0.1) is 10.2 Å². The second-order valence-electron chi connectivity index (χ2n) is 10.00. The highest BCUT2D eigenvalue weighted by atomic mass is 16.4. The molecule has 1 aromatic carbocycles. The molecule has 0 unspecified atom stereocenters. The molecule has 3 heterocycles. The minimum atomic E-state index is 0.129. The molecule has 4 fully saturated rings. The molecule has 0 N–H and O–H groups in total. The molecule has 0 saturated heterocycles. The van der Waals surface area contributed by atoms with Gasteiger partial charge in [-0.2, -0.15) is 5.10 Å². The van der Waals surface area contributed by atoms with Crippen LogP contribution in [0.2, 0.25) is 0 Å². The van der Waals surface area contributed by atoms with Crippen molar-refractivity contribution in [1.29, 1.82) is 0 Å². The molecule has 6 heteroatoms. The van der Waals surface area contributed by atoms with Crippen LogP contribution in [0.4, 0.5) is 0 Å². The summed E-state index contributed by atoms with van der Waals surface area (Å²) >= 11 is 0. The van der Waals surface area contributed by atoms with Gasteiger partial charge in [-0.3, -0.25) is 4.98 Å². The van der Waals surface area contributed by atoms with Gasteiger partial charge < -0.3 is 4.42 Å². The topological polar surface area (TPSA) is 69.6 Å². The zero-order valence-corrected chi connectivity index (χ0v) is 17.9. The van der Waals surface area contributed by atoms with Crippen molar-refractivity contribution in [1.82, 2.24) is 25.0 Å². The lowest BCUT2D eigenvalue weighted by atomic mass is 9.48. The van der Waals surface area contributed by atoms with E-state index in [0.717, 1.165) is 34.7 Å². The van der Waals surface area contributed by atoms with Crippen LogP contribution < -0.4 is 0 Å². The van der Waals surface area contributed by atoms with E-state index < -0.39 is 0 Å². The van der Waals surface area contributed by atoms with Crippen molar-refractivity contribution >= 4 is 0 Å². The molecule has 4 aromatic rings. The predicted octanol–water partition coefficient (Wildman–Crippen LogP) is 5.45. The molecule has 0 spiro atoms. The number of para-hydroxylation sites is 1. The Balaban J connectivity index is 1.37. The minimum Gasteiger partial charge on any atom is -0.414 e. The van der Waals surface area contributed by atoms with E-state index in [1.165, 1.54) is 38.5 Å². The maximum absolute atomic E-state index is 6.17. The first kappa shape index (κ1) is 18.3. The van der Waals surface area contributed by atoms with Crippen molar-refractivity contribution in [3.63, 3.8) is 0 Å². The number of nitrogens with zero attached hydrogens (tertiary/aromatic N) is 5. The second-order valence-corrected chi connectivity index (χ2v) is 10.00. The van der Waals surface area contributed by atoms with Crippen molar-refractivity contribution in [2.45, 2.75) is 43.9 Å². The van der Waals surface area contributed by atoms with Crippen molar-refractivity contribution in [3.05, 3.63) is 66.6 Å². The van der Waals surface area contributed by atoms with Crippen LogP contribution in [-0.4, -0.2) is 25.0 Å². The number of rotatable bonds is 4. The summed E-state index contributed by atoms with van der Waals surface area (Å²) in [4.78, 5) is 4.37. The number of hydrogen-bond donors (Lipinski definition) is 0. The number of aromatic nitrogens is 5. The molecule has 0 aliphatic heterocycles. The SMILES string of the molecule is c1ccc(-n2cc(-c3nnc(-c4ccccn4)o3)c(C34CC5CC(CC(C5)C3)C4)n2)cc1. The van der Waals surface area contributed by atoms with Gasteiger partial charge in [0.15, 0.2) is 0 Å². The van der Waals surface area contributed by atoms with E-state index in [4.69, 9.17) is 9.52 Å². The fourth-order valence-electron chi connectivity index (χ4n) is 6.96. The lowest BCUT2D eigenvalue weighted by Crippen LogP contribution is -2.49. The smallest absolute Gasteiger partial charge is 0.266 e. The van der Waals surface area contributed by atoms with E-state index in [9.17, 15) is 0 Å². The molecular weight excluding hydrogens is 398 g/mol. The van der Waals surface area contributed by atoms with E-state index in [0.29, 0.717) is 17.5 Å². The number of benzene rings is 1. The molecule has 0 amide bonds. The minimum absolute atomic E-state index is 0.129. The average Bonchev–Trinajstić information content (AvgIpc) is 3.48. The Morgan fingerprint density at radius 2 is 1.50 bits per heavy atom. The summed E-state index contributed by atoms with van der Waals surface area (Å²) in [6.45, 7) is 0. The summed E-state index contributed by atoms with van der Waals surface area (Å²) in [7, 11) is 0. The standard InChI is InChI=1S/C26H25N5O/c1-2-6-20(7-3-1)31-16-21(24-28-29-25(32-24)22-8-4-5-9-27-22)23(30-31)26-13-17-10-18(14-26)12-19(11-17)15-26/h1-9,16-19H,10-15H2. The van der Waals surface area contributed by atoms with Crippen LogP contribution in [0.25, 0.3) is 28.7 Å². The van der Waals surface area contributed by atoms with Gasteiger partial charge in [0.25, 0.3) is 11.8 Å². The fourth-order valence-corrected chi connectivity index (χ4v) is 6.96. The van der Waals surface area contributed by atoms with Crippen LogP contribution >= 0.6 is 0 Å². The van der Waals surface area contributed by atoms with Crippen molar-refractivity contribution in [3.8, 4) is 28.7 Å². The van der Waals surface area contributed by atoms with Gasteiger partial charge in [-0.1, -0.05) is 24.3 Å². The van der Waals surface area contributed by atoms with Gasteiger partial charge in [0.2, 0.25) is 0 Å². The van der Waals surface area contributed by atoms with Gasteiger partial charge in [0.1, 0.15) is 5.69 Å². The Morgan fingerprint density at radius 1 is 0.812 bits per heavy atom. The first-order valence-electron chi connectivity index (χ1n) is 11.7. The van der Waals surface area contributed by atoms with Gasteiger partial charge in [-0.25, -0.2) is 4.68 Å². The van der Waals surface area contributed by atoms with E-state index >= 15 is 0 Å². The van der Waals surface area contributed by atoms with E-state index in [1.807, 2.05) is 41.1 Å². The van der Waals surface area contributed by atoms with E-state index in [-0.39, 0.29) is 5.41 Å². The normalized spacial score (nSPS) is 28.3. The highest BCUT2D eigenvalue weighted by molar-refractivity contribution is 5.61. The molecular formula is C26H25N5O. The maximum Gasteiger partial charge on any atom is 0.266 e. The van der Waals surface area contributed by atoms with Crippen LogP contribution in [0.15, 0.2) is 65.3 Å². The summed E-state index contributed by atoms with van der Waals surface area (Å²) in [6.07, 6.45) is 11.7. The van der Waals surface area contributed by atoms with Crippen LogP contribution in [0.5, 0.6) is 0 Å². The quantitative estimate of drug-likeness (QED) is 0.436. The summed E-state index contributed by atoms with van der Waals surface area (Å²) < 4.78 is 8.16. The fraction of sp³-hybridized carbons (Fsp3) is 0.385. The van der Waals surface area contributed by atoms with Crippen LogP contribution in [-0.2, 0) is 5.41 Å². The Hall–Kier alpha value is -3.28. The van der Waals surface area contributed by atoms with E-state index in [1.54, 1.807) is 6.20 Å². The molecule has 4 aliphatic rings. The summed E-state index contributed by atoms with van der Waals surface area (Å²) in [5.41, 5.74) is 4.00. The Kier molecular flexibility index (Phi) is 3.92. The van der Waals surface area contributed by atoms with Gasteiger partial charge in [0.05, 0.1) is 16.9 Å². The molecule has 4 aliphatic carbocycles. The van der Waals surface area contributed by atoms with Gasteiger partial charge in [0, 0.05) is 17.8 Å². The first-order valence-corrected chi connectivity index (χ1v) is 11.7. The largest absolute Gasteiger partial charge is 0.414 e. The van der Waals surface area contributed by atoms with Crippen LogP contribution in [0, 0.1) is 17.8 Å². The molecule has 160 valence electrons. The third kappa shape index (κ3) is 2.85. The highest BCUT2D eigenvalue weighted by Gasteiger charge is 2.53. The third-order valence-electron chi connectivity index (χ3n) is 7.81. The number of pyridine rings is 1. The Bertz CT molecular complexity index is 1220. The Labute approximate surface area is 186 Å². The summed E-state index contributed by atoms with van der Waals surface area (Å²) in [5, 5.41) is 14.0. The summed E-state index contributed by atoms with van der Waals surface area (Å²) in [5.74, 6) is 3.50. The van der Waals surface area contributed by atoms with Crippen LogP contribution in [0.3, 0.4) is 0 Å². The monoisotopic (exact) mass is 423 g/mol. The van der Waals surface area contributed by atoms with Crippen molar-refractivity contribution < 1.29 is 4.42 Å². The maximum atomic E-state index is 6.17. The predicted molar refractivity (Wildman–Crippen MR) is 120 cm³/mol. The summed E-state index contributed by atoms with van der Waals surface area (Å²) in [6, 6.07) is 16.0. The first-order chi connectivity index (χ1) is 15.8.